The first-order valence-corrected chi connectivity index (χ1v) is 15.0. The maximum absolute atomic E-state index is 14.7. The zero-order valence-corrected chi connectivity index (χ0v) is 25.3. The molecule has 0 aliphatic rings. The first-order chi connectivity index (χ1) is 19.4. The topological polar surface area (TPSA) is 96.0 Å². The predicted molar refractivity (Wildman–Crippen MR) is 158 cm³/mol. The molecule has 0 spiro atoms. The van der Waals surface area contributed by atoms with Gasteiger partial charge in [0.25, 0.3) is 10.0 Å². The SMILES string of the molecule is CC[C@H](C)NC(=O)[C@@H](C)N(Cc1ccccc1F)C(=O)CN(c1ccc(OC)c(Cl)c1)S(=O)(=O)c1ccc(C)cc1. The Morgan fingerprint density at radius 3 is 2.29 bits per heavy atom. The molecule has 3 aromatic rings. The highest BCUT2D eigenvalue weighted by Gasteiger charge is 2.33. The van der Waals surface area contributed by atoms with Gasteiger partial charge in [0, 0.05) is 18.2 Å². The lowest BCUT2D eigenvalue weighted by atomic mass is 10.1. The van der Waals surface area contributed by atoms with Crippen molar-refractivity contribution in [2.75, 3.05) is 18.0 Å². The summed E-state index contributed by atoms with van der Waals surface area (Å²) >= 11 is 6.33. The van der Waals surface area contributed by atoms with Crippen LogP contribution in [0.5, 0.6) is 5.75 Å². The van der Waals surface area contributed by atoms with Crippen LogP contribution in [0.4, 0.5) is 10.1 Å². The fourth-order valence-corrected chi connectivity index (χ4v) is 5.69. The molecule has 0 aliphatic carbocycles. The predicted octanol–water partition coefficient (Wildman–Crippen LogP) is 5.32. The average Bonchev–Trinajstić information content (AvgIpc) is 2.95. The van der Waals surface area contributed by atoms with E-state index in [4.69, 9.17) is 16.3 Å². The third kappa shape index (κ3) is 7.77. The highest BCUT2D eigenvalue weighted by Crippen LogP contribution is 2.32. The van der Waals surface area contributed by atoms with Crippen molar-refractivity contribution in [1.29, 1.82) is 0 Å². The number of anilines is 1. The fourth-order valence-electron chi connectivity index (χ4n) is 4.03. The quantitative estimate of drug-likeness (QED) is 0.302. The summed E-state index contributed by atoms with van der Waals surface area (Å²) in [6, 6.07) is 15.3. The first-order valence-electron chi connectivity index (χ1n) is 13.1. The Labute approximate surface area is 246 Å². The molecular formula is C30H35ClFN3O5S. The standard InChI is InChI=1S/C30H35ClFN3O5S/c1-6-21(3)33-30(37)22(4)34(18-23-9-7-8-10-27(23)32)29(36)19-35(24-13-16-28(40-5)26(31)17-24)41(38,39)25-14-11-20(2)12-15-25/h7-17,21-22H,6,18-19H2,1-5H3,(H,33,37)/t21-,22+/m0/s1. The van der Waals surface area contributed by atoms with Gasteiger partial charge in [0.1, 0.15) is 24.2 Å². The summed E-state index contributed by atoms with van der Waals surface area (Å²) in [6.45, 7) is 6.17. The van der Waals surface area contributed by atoms with Crippen LogP contribution in [0.1, 0.15) is 38.3 Å². The van der Waals surface area contributed by atoms with Crippen molar-refractivity contribution in [3.8, 4) is 5.75 Å². The number of hydrogen-bond acceptors (Lipinski definition) is 5. The number of rotatable bonds is 12. The molecule has 8 nitrogen and oxygen atoms in total. The molecule has 11 heteroatoms. The van der Waals surface area contributed by atoms with Gasteiger partial charge in [-0.1, -0.05) is 54.4 Å². The summed E-state index contributed by atoms with van der Waals surface area (Å²) in [5.41, 5.74) is 1.16. The largest absolute Gasteiger partial charge is 0.495 e. The zero-order chi connectivity index (χ0) is 30.3. The van der Waals surface area contributed by atoms with Gasteiger partial charge >= 0.3 is 0 Å². The summed E-state index contributed by atoms with van der Waals surface area (Å²) < 4.78 is 48.6. The zero-order valence-electron chi connectivity index (χ0n) is 23.7. The lowest BCUT2D eigenvalue weighted by molar-refractivity contribution is -0.139. The molecule has 0 fully saturated rings. The molecule has 0 heterocycles. The summed E-state index contributed by atoms with van der Waals surface area (Å²) in [7, 11) is -2.85. The molecule has 0 radical (unpaired) electrons. The van der Waals surface area contributed by atoms with Gasteiger partial charge < -0.3 is 15.0 Å². The molecule has 3 rings (SSSR count). The fraction of sp³-hybridized carbons (Fsp3) is 0.333. The number of nitrogens with zero attached hydrogens (tertiary/aromatic N) is 2. The normalized spacial score (nSPS) is 12.8. The number of carbonyl (C=O) groups is 2. The number of nitrogens with one attached hydrogen (secondary N) is 1. The number of aryl methyl sites for hydroxylation is 1. The van der Waals surface area contributed by atoms with Crippen molar-refractivity contribution in [2.24, 2.45) is 0 Å². The molecule has 0 bridgehead atoms. The van der Waals surface area contributed by atoms with E-state index < -0.39 is 40.2 Å². The van der Waals surface area contributed by atoms with Crippen LogP contribution >= 0.6 is 11.6 Å². The van der Waals surface area contributed by atoms with Crippen molar-refractivity contribution < 1.29 is 27.1 Å². The smallest absolute Gasteiger partial charge is 0.264 e. The van der Waals surface area contributed by atoms with Crippen LogP contribution in [-0.4, -0.2) is 50.9 Å². The van der Waals surface area contributed by atoms with E-state index in [0.717, 1.165) is 9.87 Å². The molecule has 41 heavy (non-hydrogen) atoms. The lowest BCUT2D eigenvalue weighted by Crippen LogP contribution is -2.52. The molecular weight excluding hydrogens is 569 g/mol. The summed E-state index contributed by atoms with van der Waals surface area (Å²) in [6.07, 6.45) is 0.667. The van der Waals surface area contributed by atoms with Crippen LogP contribution in [0.3, 0.4) is 0 Å². The molecule has 0 aromatic heterocycles. The molecule has 0 saturated carbocycles. The third-order valence-corrected chi connectivity index (χ3v) is 8.86. The van der Waals surface area contributed by atoms with Crippen molar-refractivity contribution >= 4 is 39.1 Å². The van der Waals surface area contributed by atoms with E-state index in [9.17, 15) is 22.4 Å². The lowest BCUT2D eigenvalue weighted by Gasteiger charge is -2.32. The third-order valence-electron chi connectivity index (χ3n) is 6.78. The Hall–Kier alpha value is -3.63. The van der Waals surface area contributed by atoms with E-state index in [0.29, 0.717) is 12.2 Å². The second-order valence-electron chi connectivity index (χ2n) is 9.75. The Bertz CT molecular complexity index is 1480. The maximum Gasteiger partial charge on any atom is 0.264 e. The molecule has 2 atom stereocenters. The van der Waals surface area contributed by atoms with Gasteiger partial charge in [0.15, 0.2) is 0 Å². The van der Waals surface area contributed by atoms with E-state index in [-0.39, 0.29) is 33.8 Å². The van der Waals surface area contributed by atoms with Crippen LogP contribution in [0.2, 0.25) is 5.02 Å². The van der Waals surface area contributed by atoms with Crippen LogP contribution < -0.4 is 14.4 Å². The van der Waals surface area contributed by atoms with E-state index in [1.807, 2.05) is 20.8 Å². The van der Waals surface area contributed by atoms with Gasteiger partial charge in [-0.25, -0.2) is 12.8 Å². The van der Waals surface area contributed by atoms with E-state index in [1.54, 1.807) is 18.2 Å². The van der Waals surface area contributed by atoms with Crippen LogP contribution in [0, 0.1) is 12.7 Å². The maximum atomic E-state index is 14.7. The van der Waals surface area contributed by atoms with E-state index >= 15 is 0 Å². The number of halogens is 2. The van der Waals surface area contributed by atoms with Crippen LogP contribution in [-0.2, 0) is 26.2 Å². The second kappa shape index (κ2) is 13.8. The number of methoxy groups -OCH3 is 1. The molecule has 0 unspecified atom stereocenters. The number of ether oxygens (including phenoxy) is 1. The number of carbonyl (C=O) groups excluding carboxylic acids is 2. The molecule has 0 aliphatic heterocycles. The Morgan fingerprint density at radius 1 is 1.05 bits per heavy atom. The monoisotopic (exact) mass is 603 g/mol. The molecule has 1 N–H and O–H groups in total. The summed E-state index contributed by atoms with van der Waals surface area (Å²) in [5.74, 6) is -1.37. The van der Waals surface area contributed by atoms with E-state index in [2.05, 4.69) is 5.32 Å². The van der Waals surface area contributed by atoms with E-state index in [1.165, 1.54) is 67.5 Å². The first kappa shape index (κ1) is 31.9. The number of amides is 2. The average molecular weight is 604 g/mol. The molecule has 2 amide bonds. The molecule has 220 valence electrons. The minimum Gasteiger partial charge on any atom is -0.495 e. The second-order valence-corrected chi connectivity index (χ2v) is 12.0. The number of benzene rings is 3. The summed E-state index contributed by atoms with van der Waals surface area (Å²) in [4.78, 5) is 28.2. The molecule has 0 saturated heterocycles. The van der Waals surface area contributed by atoms with Crippen molar-refractivity contribution in [3.63, 3.8) is 0 Å². The van der Waals surface area contributed by atoms with Crippen molar-refractivity contribution in [2.45, 2.75) is 57.6 Å². The van der Waals surface area contributed by atoms with Crippen LogP contribution in [0.15, 0.2) is 71.6 Å². The highest BCUT2D eigenvalue weighted by molar-refractivity contribution is 7.92. The number of hydrogen-bond donors (Lipinski definition) is 1. The van der Waals surface area contributed by atoms with Crippen LogP contribution in [0.25, 0.3) is 0 Å². The molecule has 3 aromatic carbocycles. The number of sulfonamides is 1. The van der Waals surface area contributed by atoms with Gasteiger partial charge in [0.05, 0.1) is 22.7 Å². The van der Waals surface area contributed by atoms with Gasteiger partial charge in [-0.15, -0.1) is 0 Å². The highest BCUT2D eigenvalue weighted by atomic mass is 35.5. The Morgan fingerprint density at radius 2 is 1.71 bits per heavy atom. The van der Waals surface area contributed by atoms with Crippen molar-refractivity contribution in [1.82, 2.24) is 10.2 Å². The Balaban J connectivity index is 2.07. The minimum atomic E-state index is -4.27. The Kier molecular flexibility index (Phi) is 10.8. The van der Waals surface area contributed by atoms with Crippen molar-refractivity contribution in [3.05, 3.63) is 88.7 Å². The summed E-state index contributed by atoms with van der Waals surface area (Å²) in [5, 5.41) is 2.99. The van der Waals surface area contributed by atoms with Gasteiger partial charge in [-0.3, -0.25) is 13.9 Å². The van der Waals surface area contributed by atoms with Gasteiger partial charge in [0.2, 0.25) is 11.8 Å². The van der Waals surface area contributed by atoms with Gasteiger partial charge in [-0.05, 0) is 63.6 Å². The van der Waals surface area contributed by atoms with Gasteiger partial charge in [-0.2, -0.15) is 0 Å². The minimum absolute atomic E-state index is 0.0361.